The van der Waals surface area contributed by atoms with Crippen LogP contribution < -0.4 is 4.90 Å². The SMILES string of the molecule is CCOC(=O)c1oc2c(C)cc(-c3cnn(C)c3)cc2c1N(C(=O)OCC)C1CCOC(CC)C1. The number of hydrogen-bond donors (Lipinski definition) is 0. The number of ether oxygens (including phenoxy) is 3. The fraction of sp³-hybridized carbons (Fsp3) is 0.500. The van der Waals surface area contributed by atoms with E-state index in [2.05, 4.69) is 12.0 Å². The first-order valence-electron chi connectivity index (χ1n) is 12.2. The first-order chi connectivity index (χ1) is 16.9. The van der Waals surface area contributed by atoms with Crippen molar-refractivity contribution in [1.29, 1.82) is 0 Å². The molecule has 0 aliphatic carbocycles. The van der Waals surface area contributed by atoms with E-state index in [4.69, 9.17) is 18.6 Å². The monoisotopic (exact) mass is 483 g/mol. The van der Waals surface area contributed by atoms with E-state index in [-0.39, 0.29) is 31.1 Å². The largest absolute Gasteiger partial charge is 0.460 e. The van der Waals surface area contributed by atoms with Gasteiger partial charge in [-0.1, -0.05) is 6.92 Å². The second-order valence-electron chi connectivity index (χ2n) is 8.72. The van der Waals surface area contributed by atoms with Crippen molar-refractivity contribution in [2.75, 3.05) is 24.7 Å². The van der Waals surface area contributed by atoms with Crippen LogP contribution in [0.3, 0.4) is 0 Å². The maximum atomic E-state index is 13.4. The minimum absolute atomic E-state index is 0.000815. The maximum Gasteiger partial charge on any atom is 0.414 e. The number of hydrogen-bond acceptors (Lipinski definition) is 7. The molecule has 1 amide bonds. The van der Waals surface area contributed by atoms with Crippen LogP contribution in [-0.2, 0) is 21.3 Å². The van der Waals surface area contributed by atoms with Crippen molar-refractivity contribution in [3.8, 4) is 11.1 Å². The normalized spacial score (nSPS) is 18.0. The average Bonchev–Trinajstić information content (AvgIpc) is 3.44. The number of nitrogens with zero attached hydrogens (tertiary/aromatic N) is 3. The highest BCUT2D eigenvalue weighted by Crippen LogP contribution is 2.41. The van der Waals surface area contributed by atoms with Gasteiger partial charge < -0.3 is 18.6 Å². The van der Waals surface area contributed by atoms with E-state index in [0.717, 1.165) is 23.1 Å². The third-order valence-corrected chi connectivity index (χ3v) is 6.31. The molecule has 0 spiro atoms. The van der Waals surface area contributed by atoms with Gasteiger partial charge in [0.1, 0.15) is 11.3 Å². The zero-order valence-electron chi connectivity index (χ0n) is 21.0. The summed E-state index contributed by atoms with van der Waals surface area (Å²) in [7, 11) is 1.86. The highest BCUT2D eigenvalue weighted by molar-refractivity contribution is 6.11. The van der Waals surface area contributed by atoms with Crippen molar-refractivity contribution in [3.63, 3.8) is 0 Å². The predicted octanol–water partition coefficient (Wildman–Crippen LogP) is 5.24. The molecule has 3 heterocycles. The van der Waals surface area contributed by atoms with Crippen LogP contribution in [0.1, 0.15) is 56.2 Å². The zero-order valence-corrected chi connectivity index (χ0v) is 21.0. The molecule has 9 nitrogen and oxygen atoms in total. The number of aromatic nitrogens is 2. The van der Waals surface area contributed by atoms with Gasteiger partial charge in [0.15, 0.2) is 0 Å². The molecule has 1 fully saturated rings. The zero-order chi connectivity index (χ0) is 25.1. The van der Waals surface area contributed by atoms with E-state index in [1.807, 2.05) is 32.3 Å². The molecule has 0 radical (unpaired) electrons. The predicted molar refractivity (Wildman–Crippen MR) is 132 cm³/mol. The fourth-order valence-electron chi connectivity index (χ4n) is 4.66. The quantitative estimate of drug-likeness (QED) is 0.424. The van der Waals surface area contributed by atoms with E-state index >= 15 is 0 Å². The Bertz CT molecular complexity index is 1210. The van der Waals surface area contributed by atoms with Crippen LogP contribution in [0.25, 0.3) is 22.1 Å². The molecule has 2 atom stereocenters. The van der Waals surface area contributed by atoms with Crippen LogP contribution in [0, 0.1) is 6.92 Å². The molecule has 35 heavy (non-hydrogen) atoms. The number of carbonyl (C=O) groups excluding carboxylic acids is 2. The third kappa shape index (κ3) is 4.91. The van der Waals surface area contributed by atoms with Gasteiger partial charge in [-0.2, -0.15) is 5.10 Å². The number of esters is 1. The molecule has 2 unspecified atom stereocenters. The molecule has 1 aliphatic rings. The second kappa shape index (κ2) is 10.5. The Hall–Kier alpha value is -3.33. The Kier molecular flexibility index (Phi) is 7.45. The summed E-state index contributed by atoms with van der Waals surface area (Å²) in [5.74, 6) is -0.615. The van der Waals surface area contributed by atoms with Gasteiger partial charge in [-0.25, -0.2) is 9.59 Å². The Morgan fingerprint density at radius 2 is 1.94 bits per heavy atom. The minimum Gasteiger partial charge on any atom is -0.460 e. The van der Waals surface area contributed by atoms with E-state index in [1.54, 1.807) is 29.6 Å². The van der Waals surface area contributed by atoms with Crippen molar-refractivity contribution in [3.05, 3.63) is 35.9 Å². The van der Waals surface area contributed by atoms with Crippen molar-refractivity contribution >= 4 is 28.7 Å². The first-order valence-corrected chi connectivity index (χ1v) is 12.2. The summed E-state index contributed by atoms with van der Waals surface area (Å²) < 4.78 is 24.5. The number of rotatable bonds is 7. The maximum absolute atomic E-state index is 13.4. The fourth-order valence-corrected chi connectivity index (χ4v) is 4.66. The van der Waals surface area contributed by atoms with Crippen LogP contribution in [0.2, 0.25) is 0 Å². The van der Waals surface area contributed by atoms with Crippen LogP contribution in [0.4, 0.5) is 10.5 Å². The summed E-state index contributed by atoms with van der Waals surface area (Å²) in [5.41, 5.74) is 3.57. The summed E-state index contributed by atoms with van der Waals surface area (Å²) in [6, 6.07) is 3.70. The molecule has 0 bridgehead atoms. The summed E-state index contributed by atoms with van der Waals surface area (Å²) in [5, 5.41) is 4.93. The number of amides is 1. The van der Waals surface area contributed by atoms with Gasteiger partial charge in [0.05, 0.1) is 25.5 Å². The lowest BCUT2D eigenvalue weighted by atomic mass is 9.98. The molecule has 3 aromatic rings. The molecular weight excluding hydrogens is 450 g/mol. The van der Waals surface area contributed by atoms with E-state index in [9.17, 15) is 9.59 Å². The lowest BCUT2D eigenvalue weighted by Gasteiger charge is -2.36. The molecule has 1 aliphatic heterocycles. The van der Waals surface area contributed by atoms with Gasteiger partial charge in [0, 0.05) is 36.8 Å². The van der Waals surface area contributed by atoms with Gasteiger partial charge in [-0.15, -0.1) is 0 Å². The van der Waals surface area contributed by atoms with Crippen molar-refractivity contribution in [2.45, 2.75) is 59.1 Å². The van der Waals surface area contributed by atoms with Gasteiger partial charge in [-0.3, -0.25) is 9.58 Å². The van der Waals surface area contributed by atoms with E-state index < -0.39 is 12.1 Å². The summed E-state index contributed by atoms with van der Waals surface area (Å²) in [4.78, 5) is 28.1. The van der Waals surface area contributed by atoms with Gasteiger partial charge in [0.25, 0.3) is 0 Å². The molecular formula is C26H33N3O6. The van der Waals surface area contributed by atoms with E-state index in [0.29, 0.717) is 36.1 Å². The number of benzene rings is 1. The van der Waals surface area contributed by atoms with Crippen molar-refractivity contribution in [2.24, 2.45) is 7.05 Å². The molecule has 1 saturated heterocycles. The highest BCUT2D eigenvalue weighted by atomic mass is 16.6. The topological polar surface area (TPSA) is 96.0 Å². The molecule has 0 saturated carbocycles. The first kappa shape index (κ1) is 24.8. The van der Waals surface area contributed by atoms with Crippen LogP contribution in [0.5, 0.6) is 0 Å². The van der Waals surface area contributed by atoms with Gasteiger partial charge in [-0.05, 0) is 63.3 Å². The average molecular weight is 484 g/mol. The number of fused-ring (bicyclic) bond motifs is 1. The van der Waals surface area contributed by atoms with Crippen LogP contribution in [0.15, 0.2) is 28.9 Å². The molecule has 1 aromatic carbocycles. The van der Waals surface area contributed by atoms with Crippen molar-refractivity contribution in [1.82, 2.24) is 9.78 Å². The number of aryl methyl sites for hydroxylation is 2. The van der Waals surface area contributed by atoms with E-state index in [1.165, 1.54) is 0 Å². The second-order valence-corrected chi connectivity index (χ2v) is 8.72. The summed E-state index contributed by atoms with van der Waals surface area (Å²) in [6.07, 6.45) is 5.26. The van der Waals surface area contributed by atoms with Gasteiger partial charge >= 0.3 is 12.1 Å². The molecule has 2 aromatic heterocycles. The van der Waals surface area contributed by atoms with Crippen molar-refractivity contribution < 1.29 is 28.2 Å². The minimum atomic E-state index is -0.616. The molecule has 0 N–H and O–H groups in total. The number of furan rings is 1. The smallest absolute Gasteiger partial charge is 0.414 e. The number of carbonyl (C=O) groups is 2. The third-order valence-electron chi connectivity index (χ3n) is 6.31. The summed E-state index contributed by atoms with van der Waals surface area (Å²) >= 11 is 0. The van der Waals surface area contributed by atoms with Crippen LogP contribution in [-0.4, -0.2) is 53.8 Å². The molecule has 4 rings (SSSR count). The van der Waals surface area contributed by atoms with Gasteiger partial charge in [0.2, 0.25) is 5.76 Å². The lowest BCUT2D eigenvalue weighted by molar-refractivity contribution is 0.00465. The standard InChI is InChI=1S/C26H33N3O6/c1-6-20-13-19(9-10-34-20)29(26(31)33-8-3)22-21-12-17(18-14-27-28(5)15-18)11-16(4)23(21)35-24(22)25(30)32-7-2/h11-12,14-15,19-20H,6-10,13H2,1-5H3. The number of anilines is 1. The van der Waals surface area contributed by atoms with Crippen LogP contribution >= 0.6 is 0 Å². The highest BCUT2D eigenvalue weighted by Gasteiger charge is 2.38. The Morgan fingerprint density at radius 1 is 1.17 bits per heavy atom. The summed E-state index contributed by atoms with van der Waals surface area (Å²) in [6.45, 7) is 8.38. The lowest BCUT2D eigenvalue weighted by Crippen LogP contribution is -2.46. The Balaban J connectivity index is 1.95. The Morgan fingerprint density at radius 3 is 2.60 bits per heavy atom. The Labute approximate surface area is 204 Å². The molecule has 188 valence electrons. The molecule has 9 heteroatoms.